The molecule has 20 heavy (non-hydrogen) atoms. The van der Waals surface area contributed by atoms with Crippen molar-refractivity contribution in [2.24, 2.45) is 0 Å². The van der Waals surface area contributed by atoms with Crippen molar-refractivity contribution in [2.45, 2.75) is 45.4 Å². The molecule has 3 rings (SSSR count). The third-order valence-electron chi connectivity index (χ3n) is 3.53. The van der Waals surface area contributed by atoms with E-state index in [-0.39, 0.29) is 0 Å². The van der Waals surface area contributed by atoms with Crippen LogP contribution >= 0.6 is 0 Å². The molecule has 0 atom stereocenters. The first kappa shape index (κ1) is 13.2. The third kappa shape index (κ3) is 2.84. The summed E-state index contributed by atoms with van der Waals surface area (Å²) in [6.45, 7) is 5.16. The van der Waals surface area contributed by atoms with Crippen LogP contribution in [0.1, 0.15) is 50.5 Å². The molecule has 2 heterocycles. The van der Waals surface area contributed by atoms with Gasteiger partial charge in [0.15, 0.2) is 11.6 Å². The Morgan fingerprint density at radius 3 is 2.75 bits per heavy atom. The van der Waals surface area contributed by atoms with Crippen molar-refractivity contribution in [1.82, 2.24) is 9.97 Å². The van der Waals surface area contributed by atoms with E-state index in [0.717, 1.165) is 42.4 Å². The fourth-order valence-corrected chi connectivity index (χ4v) is 2.20. The molecule has 2 aromatic rings. The van der Waals surface area contributed by atoms with E-state index in [1.165, 1.54) is 12.8 Å². The maximum absolute atomic E-state index is 5.78. The van der Waals surface area contributed by atoms with Crippen LogP contribution in [0.3, 0.4) is 0 Å². The summed E-state index contributed by atoms with van der Waals surface area (Å²) in [6.07, 6.45) is 4.45. The van der Waals surface area contributed by atoms with E-state index in [2.05, 4.69) is 35.2 Å². The Labute approximate surface area is 119 Å². The average molecular weight is 271 g/mol. The topological polar surface area (TPSA) is 51.0 Å². The Balaban J connectivity index is 1.93. The first-order valence-corrected chi connectivity index (χ1v) is 7.52. The van der Waals surface area contributed by atoms with Gasteiger partial charge in [-0.05, 0) is 31.4 Å². The highest BCUT2D eigenvalue weighted by molar-refractivity contribution is 5.52. The Kier molecular flexibility index (Phi) is 3.72. The molecule has 1 N–H and O–H groups in total. The van der Waals surface area contributed by atoms with Crippen LogP contribution in [0.25, 0.3) is 11.6 Å². The summed E-state index contributed by atoms with van der Waals surface area (Å²) in [6, 6.07) is 6.05. The standard InChI is InChI=1S/C16H21N3O/c1-3-9-17-15-10-13(11-5-6-11)18-16(19-15)14-8-7-12(4-2)20-14/h7-8,10-11H,3-6,9H2,1-2H3,(H,17,18,19). The molecular weight excluding hydrogens is 250 g/mol. The molecule has 0 aliphatic heterocycles. The molecule has 1 fully saturated rings. The SMILES string of the molecule is CCCNc1cc(C2CC2)nc(-c2ccc(CC)o2)n1. The minimum Gasteiger partial charge on any atom is -0.458 e. The van der Waals surface area contributed by atoms with Crippen molar-refractivity contribution in [2.75, 3.05) is 11.9 Å². The Morgan fingerprint density at radius 1 is 1.25 bits per heavy atom. The quantitative estimate of drug-likeness (QED) is 0.862. The summed E-state index contributed by atoms with van der Waals surface area (Å²) in [4.78, 5) is 9.26. The highest BCUT2D eigenvalue weighted by atomic mass is 16.3. The van der Waals surface area contributed by atoms with E-state index in [1.54, 1.807) is 0 Å². The van der Waals surface area contributed by atoms with Crippen LogP contribution in [-0.4, -0.2) is 16.5 Å². The van der Waals surface area contributed by atoms with Crippen LogP contribution in [0, 0.1) is 0 Å². The monoisotopic (exact) mass is 271 g/mol. The molecule has 1 saturated carbocycles. The molecule has 0 unspecified atom stereocenters. The van der Waals surface area contributed by atoms with Gasteiger partial charge in [0.25, 0.3) is 0 Å². The zero-order chi connectivity index (χ0) is 13.9. The van der Waals surface area contributed by atoms with Gasteiger partial charge in [-0.25, -0.2) is 9.97 Å². The lowest BCUT2D eigenvalue weighted by Gasteiger charge is -2.08. The number of furan rings is 1. The Bertz CT molecular complexity index is 587. The summed E-state index contributed by atoms with van der Waals surface area (Å²) in [5.74, 6) is 3.97. The Hall–Kier alpha value is -1.84. The van der Waals surface area contributed by atoms with Crippen LogP contribution in [0.4, 0.5) is 5.82 Å². The van der Waals surface area contributed by atoms with E-state index >= 15 is 0 Å². The largest absolute Gasteiger partial charge is 0.458 e. The van der Waals surface area contributed by atoms with Crippen LogP contribution in [0.5, 0.6) is 0 Å². The summed E-state index contributed by atoms with van der Waals surface area (Å²) < 4.78 is 5.78. The van der Waals surface area contributed by atoms with Gasteiger partial charge in [0.1, 0.15) is 11.6 Å². The first-order valence-electron chi connectivity index (χ1n) is 7.52. The number of aryl methyl sites for hydroxylation is 1. The number of hydrogen-bond donors (Lipinski definition) is 1. The molecule has 0 radical (unpaired) electrons. The second-order valence-electron chi connectivity index (χ2n) is 5.32. The van der Waals surface area contributed by atoms with E-state index in [1.807, 2.05) is 12.1 Å². The number of nitrogens with zero attached hydrogens (tertiary/aromatic N) is 2. The van der Waals surface area contributed by atoms with Gasteiger partial charge in [-0.1, -0.05) is 13.8 Å². The minimum atomic E-state index is 0.611. The first-order chi connectivity index (χ1) is 9.80. The Morgan fingerprint density at radius 2 is 2.10 bits per heavy atom. The van der Waals surface area contributed by atoms with Crippen LogP contribution in [0.15, 0.2) is 22.6 Å². The number of aromatic nitrogens is 2. The van der Waals surface area contributed by atoms with Crippen molar-refractivity contribution in [3.63, 3.8) is 0 Å². The molecule has 0 spiro atoms. The number of rotatable bonds is 6. The molecule has 0 aromatic carbocycles. The van der Waals surface area contributed by atoms with E-state index < -0.39 is 0 Å². The van der Waals surface area contributed by atoms with Gasteiger partial charge in [-0.15, -0.1) is 0 Å². The minimum absolute atomic E-state index is 0.611. The van der Waals surface area contributed by atoms with Crippen molar-refractivity contribution in [3.05, 3.63) is 29.7 Å². The van der Waals surface area contributed by atoms with Crippen molar-refractivity contribution in [3.8, 4) is 11.6 Å². The number of hydrogen-bond acceptors (Lipinski definition) is 4. The van der Waals surface area contributed by atoms with Gasteiger partial charge in [-0.3, -0.25) is 0 Å². The molecule has 106 valence electrons. The summed E-state index contributed by atoms with van der Waals surface area (Å²) in [5.41, 5.74) is 1.14. The van der Waals surface area contributed by atoms with Gasteiger partial charge < -0.3 is 9.73 Å². The van der Waals surface area contributed by atoms with Crippen molar-refractivity contribution in [1.29, 1.82) is 0 Å². The molecule has 4 heteroatoms. The summed E-state index contributed by atoms with van der Waals surface area (Å²) in [7, 11) is 0. The maximum atomic E-state index is 5.78. The average Bonchev–Trinajstić information content (AvgIpc) is 3.22. The number of anilines is 1. The van der Waals surface area contributed by atoms with Crippen LogP contribution in [0.2, 0.25) is 0 Å². The fraction of sp³-hybridized carbons (Fsp3) is 0.500. The highest BCUT2D eigenvalue weighted by Gasteiger charge is 2.26. The third-order valence-corrected chi connectivity index (χ3v) is 3.53. The lowest BCUT2D eigenvalue weighted by molar-refractivity contribution is 0.525. The fourth-order valence-electron chi connectivity index (χ4n) is 2.20. The molecule has 1 aliphatic carbocycles. The molecule has 0 saturated heterocycles. The lowest BCUT2D eigenvalue weighted by Crippen LogP contribution is -2.05. The summed E-state index contributed by atoms with van der Waals surface area (Å²) in [5, 5.41) is 3.36. The molecule has 0 amide bonds. The highest BCUT2D eigenvalue weighted by Crippen LogP contribution is 2.40. The predicted molar refractivity (Wildman–Crippen MR) is 79.9 cm³/mol. The molecule has 1 aliphatic rings. The second kappa shape index (κ2) is 5.65. The van der Waals surface area contributed by atoms with Crippen LogP contribution < -0.4 is 5.32 Å². The van der Waals surface area contributed by atoms with E-state index in [9.17, 15) is 0 Å². The molecule has 4 nitrogen and oxygen atoms in total. The number of nitrogens with one attached hydrogen (secondary N) is 1. The van der Waals surface area contributed by atoms with Gasteiger partial charge in [-0.2, -0.15) is 0 Å². The normalized spacial score (nSPS) is 14.5. The van der Waals surface area contributed by atoms with Gasteiger partial charge in [0, 0.05) is 30.6 Å². The molecule has 0 bridgehead atoms. The smallest absolute Gasteiger partial charge is 0.197 e. The zero-order valence-corrected chi connectivity index (χ0v) is 12.1. The van der Waals surface area contributed by atoms with Crippen molar-refractivity contribution < 1.29 is 4.42 Å². The van der Waals surface area contributed by atoms with Gasteiger partial charge >= 0.3 is 0 Å². The molecule has 2 aromatic heterocycles. The van der Waals surface area contributed by atoms with E-state index in [4.69, 9.17) is 4.42 Å². The zero-order valence-electron chi connectivity index (χ0n) is 12.1. The predicted octanol–water partition coefficient (Wildman–Crippen LogP) is 4.00. The second-order valence-corrected chi connectivity index (χ2v) is 5.32. The van der Waals surface area contributed by atoms with Gasteiger partial charge in [0.2, 0.25) is 0 Å². The summed E-state index contributed by atoms with van der Waals surface area (Å²) >= 11 is 0. The van der Waals surface area contributed by atoms with Crippen LogP contribution in [-0.2, 0) is 6.42 Å². The lowest BCUT2D eigenvalue weighted by atomic mass is 10.2. The van der Waals surface area contributed by atoms with E-state index in [0.29, 0.717) is 11.7 Å². The maximum Gasteiger partial charge on any atom is 0.197 e. The van der Waals surface area contributed by atoms with Gasteiger partial charge in [0.05, 0.1) is 0 Å². The molecular formula is C16H21N3O. The van der Waals surface area contributed by atoms with Crippen molar-refractivity contribution >= 4 is 5.82 Å².